The molecule has 0 aliphatic rings. The summed E-state index contributed by atoms with van der Waals surface area (Å²) in [5.74, 6) is 0. The molecule has 1 heterocycles. The van der Waals surface area contributed by atoms with Crippen LogP contribution in [0.15, 0.2) is 48.8 Å². The second-order valence-electron chi connectivity index (χ2n) is 2.67. The van der Waals surface area contributed by atoms with Gasteiger partial charge in [0.1, 0.15) is 0 Å². The number of aromatic nitrogens is 1. The molecule has 0 atom stereocenters. The molecule has 0 spiro atoms. The van der Waals surface area contributed by atoms with E-state index in [0.717, 1.165) is 11.1 Å². The van der Waals surface area contributed by atoms with Crippen LogP contribution in [0.4, 0.5) is 0 Å². The molecule has 2 rings (SSSR count). The molecule has 1 nitrogen and oxygen atoms in total. The first-order valence-electron chi connectivity index (χ1n) is 4.45. The number of halogens is 1. The van der Waals surface area contributed by atoms with Crippen LogP contribution in [0, 0.1) is 0 Å². The van der Waals surface area contributed by atoms with E-state index in [2.05, 4.69) is 4.98 Å². The number of pyridine rings is 1. The summed E-state index contributed by atoms with van der Waals surface area (Å²) in [5, 5.41) is 0.698. The lowest BCUT2D eigenvalue weighted by atomic mass is 10.1. The summed E-state index contributed by atoms with van der Waals surface area (Å²) in [6.07, 6.45) is 1.90. The molecule has 1 aromatic heterocycles. The maximum atomic E-state index is 7.62. The third-order valence-electron chi connectivity index (χ3n) is 1.76. The highest BCUT2D eigenvalue weighted by Crippen LogP contribution is 2.19. The molecular weight excluding hydrogens is 182 g/mol. The Bertz CT molecular complexity index is 439. The molecule has 0 fully saturated rings. The maximum Gasteiger partial charge on any atom is 0.0847 e. The van der Waals surface area contributed by atoms with Crippen molar-refractivity contribution in [1.29, 1.82) is 0 Å². The van der Waals surface area contributed by atoms with E-state index in [0.29, 0.717) is 5.02 Å². The van der Waals surface area contributed by atoms with Crippen molar-refractivity contribution in [3.8, 4) is 11.1 Å². The Balaban J connectivity index is 2.50. The van der Waals surface area contributed by atoms with Gasteiger partial charge in [0.05, 0.1) is 1.37 Å². The van der Waals surface area contributed by atoms with Gasteiger partial charge in [0.2, 0.25) is 0 Å². The zero-order valence-electron chi connectivity index (χ0n) is 7.87. The molecule has 0 aliphatic carbocycles. The second-order valence-corrected chi connectivity index (χ2v) is 3.11. The molecule has 1 aromatic carbocycles. The van der Waals surface area contributed by atoms with Crippen LogP contribution < -0.4 is 0 Å². The van der Waals surface area contributed by atoms with Gasteiger partial charge < -0.3 is 0 Å². The Kier molecular flexibility index (Phi) is 1.96. The normalized spacial score (nSPS) is 11.0. The van der Waals surface area contributed by atoms with Crippen molar-refractivity contribution in [1.82, 2.24) is 4.98 Å². The van der Waals surface area contributed by atoms with Crippen LogP contribution in [0.2, 0.25) is 5.02 Å². The smallest absolute Gasteiger partial charge is 0.0847 e. The van der Waals surface area contributed by atoms with E-state index in [1.165, 1.54) is 0 Å². The summed E-state index contributed by atoms with van der Waals surface area (Å²) in [7, 11) is 0. The van der Waals surface area contributed by atoms with E-state index in [1.807, 2.05) is 36.4 Å². The van der Waals surface area contributed by atoms with E-state index in [9.17, 15) is 0 Å². The van der Waals surface area contributed by atoms with E-state index in [1.54, 1.807) is 6.20 Å². The molecule has 2 aromatic rings. The van der Waals surface area contributed by atoms with Crippen molar-refractivity contribution < 1.29 is 1.37 Å². The number of hydrogen-bond acceptors (Lipinski definition) is 1. The summed E-state index contributed by atoms with van der Waals surface area (Å²) in [5.41, 5.74) is 1.79. The molecule has 0 unspecified atom stereocenters. The van der Waals surface area contributed by atoms with Gasteiger partial charge in [-0.2, -0.15) is 0 Å². The highest BCUT2D eigenvalue weighted by atomic mass is 35.5. The first-order valence-corrected chi connectivity index (χ1v) is 4.33. The minimum atomic E-state index is 0.287. The molecule has 0 N–H and O–H groups in total. The highest BCUT2D eigenvalue weighted by molar-refractivity contribution is 6.30. The average molecular weight is 191 g/mol. The van der Waals surface area contributed by atoms with Crippen molar-refractivity contribution >= 4 is 11.6 Å². The average Bonchev–Trinajstić information content (AvgIpc) is 2.20. The summed E-state index contributed by atoms with van der Waals surface area (Å²) < 4.78 is 7.62. The monoisotopic (exact) mass is 190 g/mol. The van der Waals surface area contributed by atoms with Crippen molar-refractivity contribution in [2.75, 3.05) is 0 Å². The van der Waals surface area contributed by atoms with Crippen molar-refractivity contribution in [2.24, 2.45) is 0 Å². The first-order chi connectivity index (χ1) is 6.77. The van der Waals surface area contributed by atoms with Crippen molar-refractivity contribution in [3.63, 3.8) is 0 Å². The highest BCUT2D eigenvalue weighted by Gasteiger charge is 1.95. The molecule has 13 heavy (non-hydrogen) atoms. The number of nitrogens with zero attached hydrogens (tertiary/aromatic N) is 1. The van der Waals surface area contributed by atoms with E-state index in [4.69, 9.17) is 13.0 Å². The fraction of sp³-hybridized carbons (Fsp3) is 0. The molecule has 0 aliphatic heterocycles. The van der Waals surface area contributed by atoms with Gasteiger partial charge in [0.25, 0.3) is 0 Å². The van der Waals surface area contributed by atoms with E-state index < -0.39 is 0 Å². The molecule has 0 amide bonds. The second kappa shape index (κ2) is 3.58. The molecule has 0 saturated carbocycles. The van der Waals surface area contributed by atoms with Gasteiger partial charge in [-0.3, -0.25) is 4.98 Å². The lowest BCUT2D eigenvalue weighted by Gasteiger charge is -1.99. The summed E-state index contributed by atoms with van der Waals surface area (Å²) in [4.78, 5) is 3.91. The van der Waals surface area contributed by atoms with Crippen molar-refractivity contribution in [3.05, 3.63) is 53.8 Å². The first kappa shape index (κ1) is 7.10. The van der Waals surface area contributed by atoms with Gasteiger partial charge >= 0.3 is 0 Å². The number of hydrogen-bond donors (Lipinski definition) is 0. The maximum absolute atomic E-state index is 7.62. The number of benzene rings is 1. The molecule has 64 valence electrons. The Hall–Kier alpha value is -1.34. The van der Waals surface area contributed by atoms with Gasteiger partial charge in [-0.15, -0.1) is 0 Å². The van der Waals surface area contributed by atoms with Gasteiger partial charge in [-0.05, 0) is 29.3 Å². The quantitative estimate of drug-likeness (QED) is 0.672. The van der Waals surface area contributed by atoms with Gasteiger partial charge in [0, 0.05) is 17.4 Å². The van der Waals surface area contributed by atoms with Gasteiger partial charge in [0.15, 0.2) is 0 Å². The lowest BCUT2D eigenvalue weighted by molar-refractivity contribution is 1.33. The van der Waals surface area contributed by atoms with Crippen LogP contribution in [0.5, 0.6) is 0 Å². The van der Waals surface area contributed by atoms with Crippen LogP contribution in [-0.2, 0) is 0 Å². The van der Waals surface area contributed by atoms with Gasteiger partial charge in [-0.25, -0.2) is 0 Å². The number of rotatable bonds is 1. The zero-order chi connectivity index (χ0) is 9.97. The van der Waals surface area contributed by atoms with Crippen LogP contribution >= 0.6 is 11.6 Å². The minimum Gasteiger partial charge on any atom is -0.264 e. The minimum absolute atomic E-state index is 0.287. The molecule has 0 saturated heterocycles. The Labute approximate surface area is 83.4 Å². The Morgan fingerprint density at radius 2 is 1.85 bits per heavy atom. The fourth-order valence-electron chi connectivity index (χ4n) is 1.12. The van der Waals surface area contributed by atoms with Crippen LogP contribution in [0.1, 0.15) is 1.37 Å². The van der Waals surface area contributed by atoms with E-state index in [-0.39, 0.29) is 6.17 Å². The standard InChI is InChI=1S/C11H8ClN/c12-11-5-3-9(4-6-11)10-2-1-7-13-8-10/h1-8H/i8D. The predicted octanol–water partition coefficient (Wildman–Crippen LogP) is 3.40. The zero-order valence-corrected chi connectivity index (χ0v) is 7.62. The van der Waals surface area contributed by atoms with Crippen LogP contribution in [-0.4, -0.2) is 4.98 Å². The SMILES string of the molecule is [2H]c1ncccc1-c1ccc(Cl)cc1. The molecular formula is C11H8ClN. The molecule has 2 heteroatoms. The summed E-state index contributed by atoms with van der Waals surface area (Å²) in [6.45, 7) is 0. The van der Waals surface area contributed by atoms with Crippen molar-refractivity contribution in [2.45, 2.75) is 0 Å². The topological polar surface area (TPSA) is 12.9 Å². The van der Waals surface area contributed by atoms with Crippen LogP contribution in [0.3, 0.4) is 0 Å². The summed E-state index contributed by atoms with van der Waals surface area (Å²) >= 11 is 5.78. The van der Waals surface area contributed by atoms with Crippen LogP contribution in [0.25, 0.3) is 11.1 Å². The van der Waals surface area contributed by atoms with E-state index >= 15 is 0 Å². The lowest BCUT2D eigenvalue weighted by Crippen LogP contribution is -1.77. The largest absolute Gasteiger partial charge is 0.264 e. The fourth-order valence-corrected chi connectivity index (χ4v) is 1.24. The third-order valence-corrected chi connectivity index (χ3v) is 2.02. The molecule has 0 bridgehead atoms. The Morgan fingerprint density at radius 3 is 2.54 bits per heavy atom. The Morgan fingerprint density at radius 1 is 1.08 bits per heavy atom. The third kappa shape index (κ3) is 1.87. The molecule has 0 radical (unpaired) electrons. The van der Waals surface area contributed by atoms with Gasteiger partial charge in [-0.1, -0.05) is 29.8 Å². The predicted molar refractivity (Wildman–Crippen MR) is 54.7 cm³/mol. The summed E-state index contributed by atoms with van der Waals surface area (Å²) in [6, 6.07) is 11.1.